The van der Waals surface area contributed by atoms with Gasteiger partial charge in [-0.2, -0.15) is 0 Å². The summed E-state index contributed by atoms with van der Waals surface area (Å²) in [5, 5.41) is 0.170. The van der Waals surface area contributed by atoms with Crippen LogP contribution in [0.4, 0.5) is 4.79 Å². The fourth-order valence-corrected chi connectivity index (χ4v) is 3.68. The van der Waals surface area contributed by atoms with Crippen LogP contribution in [0.2, 0.25) is 0 Å². The van der Waals surface area contributed by atoms with Crippen LogP contribution in [-0.4, -0.2) is 75.8 Å². The Kier molecular flexibility index (Phi) is 6.62. The van der Waals surface area contributed by atoms with Crippen LogP contribution >= 0.6 is 0 Å². The Labute approximate surface area is 178 Å². The largest absolute Gasteiger partial charge is 0.495 e. The number of piperazine rings is 1. The number of carbonyl (C=O) groups excluding carboxylic acids is 2. The highest BCUT2D eigenvalue weighted by atomic mass is 16.6. The molecule has 0 aliphatic carbocycles. The van der Waals surface area contributed by atoms with Crippen LogP contribution in [0.1, 0.15) is 19.4 Å². The molecule has 11 heteroatoms. The Bertz CT molecular complexity index is 1110. The molecule has 3 heterocycles. The number of ether oxygens (including phenoxy) is 2. The number of hydrogen-bond acceptors (Lipinski definition) is 7. The van der Waals surface area contributed by atoms with Crippen molar-refractivity contribution in [2.24, 2.45) is 7.05 Å². The first-order valence-electron chi connectivity index (χ1n) is 10.2. The van der Waals surface area contributed by atoms with Gasteiger partial charge in [-0.1, -0.05) is 6.92 Å². The second-order valence-electron chi connectivity index (χ2n) is 7.17. The van der Waals surface area contributed by atoms with Gasteiger partial charge in [0.1, 0.15) is 17.7 Å². The number of amides is 2. The SMILES string of the molecule is CCOC(=O)N1CCN(C(=O)Cn2c(=O)c3c(OC)c(CC)cnc3n(C)c2=O)CC1. The normalized spacial score (nSPS) is 14.1. The van der Waals surface area contributed by atoms with E-state index in [1.54, 1.807) is 13.1 Å². The van der Waals surface area contributed by atoms with Gasteiger partial charge in [0, 0.05) is 45.0 Å². The molecule has 1 fully saturated rings. The number of nitrogens with zero attached hydrogens (tertiary/aromatic N) is 5. The topological polar surface area (TPSA) is 116 Å². The van der Waals surface area contributed by atoms with Gasteiger partial charge in [-0.15, -0.1) is 0 Å². The van der Waals surface area contributed by atoms with Crippen molar-refractivity contribution in [1.29, 1.82) is 0 Å². The van der Waals surface area contributed by atoms with E-state index in [9.17, 15) is 19.2 Å². The highest BCUT2D eigenvalue weighted by Gasteiger charge is 2.26. The van der Waals surface area contributed by atoms with Crippen LogP contribution in [-0.2, 0) is 29.5 Å². The highest BCUT2D eigenvalue weighted by molar-refractivity contribution is 5.83. The lowest BCUT2D eigenvalue weighted by Crippen LogP contribution is -2.52. The summed E-state index contributed by atoms with van der Waals surface area (Å²) in [5.41, 5.74) is -0.305. The van der Waals surface area contributed by atoms with Gasteiger partial charge in [-0.05, 0) is 13.3 Å². The van der Waals surface area contributed by atoms with Crippen LogP contribution in [0.5, 0.6) is 5.75 Å². The van der Waals surface area contributed by atoms with Crippen LogP contribution in [0.3, 0.4) is 0 Å². The Morgan fingerprint density at radius 3 is 2.32 bits per heavy atom. The number of carbonyl (C=O) groups is 2. The number of aromatic nitrogens is 3. The molecule has 2 aromatic rings. The van der Waals surface area contributed by atoms with E-state index in [1.807, 2.05) is 6.92 Å². The molecule has 2 amide bonds. The molecule has 0 unspecified atom stereocenters. The molecule has 0 radical (unpaired) electrons. The third kappa shape index (κ3) is 4.12. The van der Waals surface area contributed by atoms with Crippen molar-refractivity contribution >= 4 is 23.0 Å². The first kappa shape index (κ1) is 22.3. The second-order valence-corrected chi connectivity index (χ2v) is 7.17. The molecule has 0 saturated carbocycles. The Hall–Kier alpha value is -3.37. The smallest absolute Gasteiger partial charge is 0.409 e. The Morgan fingerprint density at radius 1 is 1.10 bits per heavy atom. The monoisotopic (exact) mass is 433 g/mol. The van der Waals surface area contributed by atoms with Gasteiger partial charge in [0.05, 0.1) is 13.7 Å². The molecule has 1 saturated heterocycles. The molecule has 0 atom stereocenters. The molecular formula is C20H27N5O6. The second kappa shape index (κ2) is 9.19. The zero-order valence-electron chi connectivity index (χ0n) is 18.2. The summed E-state index contributed by atoms with van der Waals surface area (Å²) in [5.74, 6) is -0.0158. The van der Waals surface area contributed by atoms with Gasteiger partial charge in [0.2, 0.25) is 5.91 Å². The van der Waals surface area contributed by atoms with Crippen molar-refractivity contribution in [3.05, 3.63) is 32.6 Å². The molecule has 11 nitrogen and oxygen atoms in total. The van der Waals surface area contributed by atoms with Crippen LogP contribution in [0, 0.1) is 0 Å². The maximum Gasteiger partial charge on any atom is 0.409 e. The molecule has 0 spiro atoms. The molecule has 1 aliphatic rings. The van der Waals surface area contributed by atoms with Crippen molar-refractivity contribution in [3.63, 3.8) is 0 Å². The van der Waals surface area contributed by atoms with Crippen molar-refractivity contribution < 1.29 is 19.1 Å². The predicted octanol–water partition coefficient (Wildman–Crippen LogP) is -0.0331. The summed E-state index contributed by atoms with van der Waals surface area (Å²) >= 11 is 0. The van der Waals surface area contributed by atoms with Gasteiger partial charge in [0.15, 0.2) is 5.65 Å². The average Bonchev–Trinajstić information content (AvgIpc) is 2.79. The predicted molar refractivity (Wildman–Crippen MR) is 112 cm³/mol. The van der Waals surface area contributed by atoms with Crippen LogP contribution in [0.25, 0.3) is 11.0 Å². The summed E-state index contributed by atoms with van der Waals surface area (Å²) in [6.07, 6.45) is 1.76. The minimum absolute atomic E-state index is 0.170. The van der Waals surface area contributed by atoms with E-state index in [0.717, 1.165) is 10.1 Å². The molecule has 168 valence electrons. The number of rotatable bonds is 5. The van der Waals surface area contributed by atoms with E-state index >= 15 is 0 Å². The number of methoxy groups -OCH3 is 1. The van der Waals surface area contributed by atoms with E-state index in [4.69, 9.17) is 9.47 Å². The quantitative estimate of drug-likeness (QED) is 0.650. The fourth-order valence-electron chi connectivity index (χ4n) is 3.68. The maximum atomic E-state index is 13.2. The third-order valence-electron chi connectivity index (χ3n) is 5.42. The molecule has 1 aliphatic heterocycles. The minimum atomic E-state index is -0.630. The molecule has 0 N–H and O–H groups in total. The molecule has 0 bridgehead atoms. The molecule has 3 rings (SSSR count). The van der Waals surface area contributed by atoms with Crippen molar-refractivity contribution in [2.75, 3.05) is 39.9 Å². The maximum absolute atomic E-state index is 13.2. The molecule has 2 aromatic heterocycles. The van der Waals surface area contributed by atoms with Crippen LogP contribution in [0.15, 0.2) is 15.8 Å². The zero-order chi connectivity index (χ0) is 22.7. The lowest BCUT2D eigenvalue weighted by molar-refractivity contribution is -0.133. The van der Waals surface area contributed by atoms with E-state index in [0.29, 0.717) is 38.3 Å². The third-order valence-corrected chi connectivity index (χ3v) is 5.42. The summed E-state index contributed by atoms with van der Waals surface area (Å²) in [7, 11) is 2.96. The van der Waals surface area contributed by atoms with Crippen molar-refractivity contribution in [3.8, 4) is 5.75 Å². The summed E-state index contributed by atoms with van der Waals surface area (Å²) < 4.78 is 12.6. The lowest BCUT2D eigenvalue weighted by atomic mass is 10.1. The van der Waals surface area contributed by atoms with E-state index in [2.05, 4.69) is 4.98 Å². The number of hydrogen-bond donors (Lipinski definition) is 0. The Balaban J connectivity index is 1.90. The minimum Gasteiger partial charge on any atom is -0.495 e. The van der Waals surface area contributed by atoms with E-state index in [-0.39, 0.29) is 23.5 Å². The zero-order valence-corrected chi connectivity index (χ0v) is 18.2. The van der Waals surface area contributed by atoms with Gasteiger partial charge < -0.3 is 19.3 Å². The molecule has 31 heavy (non-hydrogen) atoms. The summed E-state index contributed by atoms with van der Waals surface area (Å²) in [6.45, 7) is 4.76. The van der Waals surface area contributed by atoms with Gasteiger partial charge in [-0.25, -0.2) is 19.1 Å². The number of pyridine rings is 1. The van der Waals surface area contributed by atoms with Crippen LogP contribution < -0.4 is 16.0 Å². The van der Waals surface area contributed by atoms with Gasteiger partial charge in [-0.3, -0.25) is 14.2 Å². The Morgan fingerprint density at radius 2 is 1.74 bits per heavy atom. The lowest BCUT2D eigenvalue weighted by Gasteiger charge is -2.34. The number of aryl methyl sites for hydroxylation is 2. The number of fused-ring (bicyclic) bond motifs is 1. The molecular weight excluding hydrogens is 406 g/mol. The van der Waals surface area contributed by atoms with E-state index < -0.39 is 23.9 Å². The average molecular weight is 433 g/mol. The highest BCUT2D eigenvalue weighted by Crippen LogP contribution is 2.25. The fraction of sp³-hybridized carbons (Fsp3) is 0.550. The van der Waals surface area contributed by atoms with E-state index in [1.165, 1.54) is 28.5 Å². The summed E-state index contributed by atoms with van der Waals surface area (Å²) in [6, 6.07) is 0. The van der Waals surface area contributed by atoms with Gasteiger partial charge in [0.25, 0.3) is 5.56 Å². The van der Waals surface area contributed by atoms with Gasteiger partial charge >= 0.3 is 11.8 Å². The van der Waals surface area contributed by atoms with Crippen molar-refractivity contribution in [2.45, 2.75) is 26.8 Å². The summed E-state index contributed by atoms with van der Waals surface area (Å²) in [4.78, 5) is 57.9. The van der Waals surface area contributed by atoms with Crippen molar-refractivity contribution in [1.82, 2.24) is 23.9 Å². The molecule has 0 aromatic carbocycles. The standard InChI is InChI=1S/C20H27N5O6/c1-5-13-11-21-17-15(16(13)30-4)18(27)25(19(28)22(17)3)12-14(26)23-7-9-24(10-8-23)20(29)31-6-2/h11H,5-10,12H2,1-4H3. The first-order chi connectivity index (χ1) is 14.8. The first-order valence-corrected chi connectivity index (χ1v) is 10.2.